The number of rotatable bonds is 5. The Morgan fingerprint density at radius 1 is 1.43 bits per heavy atom. The van der Waals surface area contributed by atoms with E-state index in [0.717, 1.165) is 12.0 Å². The number of amidine groups is 1. The second kappa shape index (κ2) is 6.91. The fourth-order valence-corrected chi connectivity index (χ4v) is 4.29. The van der Waals surface area contributed by atoms with Gasteiger partial charge >= 0.3 is 0 Å². The fraction of sp³-hybridized carbons (Fsp3) is 0.500. The molecule has 1 aliphatic heterocycles. The maximum atomic E-state index is 11.6. The van der Waals surface area contributed by atoms with E-state index in [2.05, 4.69) is 10.5 Å². The van der Waals surface area contributed by atoms with Gasteiger partial charge in [-0.05, 0) is 18.4 Å². The Morgan fingerprint density at radius 2 is 2.14 bits per heavy atom. The van der Waals surface area contributed by atoms with Gasteiger partial charge in [-0.15, -0.1) is 0 Å². The molecule has 1 aromatic rings. The first-order valence-electron chi connectivity index (χ1n) is 6.98. The third kappa shape index (κ3) is 4.44. The van der Waals surface area contributed by atoms with Crippen molar-refractivity contribution in [2.24, 2.45) is 10.9 Å². The largest absolute Gasteiger partial charge is 0.409 e. The molecule has 1 heterocycles. The number of nitrogens with two attached hydrogens (primary N) is 1. The second-order valence-electron chi connectivity index (χ2n) is 5.35. The highest BCUT2D eigenvalue weighted by Crippen LogP contribution is 2.17. The van der Waals surface area contributed by atoms with Crippen LogP contribution in [0.4, 0.5) is 0 Å². The van der Waals surface area contributed by atoms with Gasteiger partial charge in [0.1, 0.15) is 5.84 Å². The van der Waals surface area contributed by atoms with Gasteiger partial charge in [0.25, 0.3) is 0 Å². The van der Waals surface area contributed by atoms with Crippen molar-refractivity contribution >= 4 is 15.7 Å². The molecule has 7 heteroatoms. The van der Waals surface area contributed by atoms with Gasteiger partial charge in [-0.2, -0.15) is 0 Å². The minimum Gasteiger partial charge on any atom is -0.409 e. The van der Waals surface area contributed by atoms with Gasteiger partial charge in [-0.1, -0.05) is 35.5 Å². The lowest BCUT2D eigenvalue weighted by Gasteiger charge is -2.25. The van der Waals surface area contributed by atoms with Crippen LogP contribution < -0.4 is 11.1 Å². The minimum atomic E-state index is -2.94. The van der Waals surface area contributed by atoms with Crippen molar-refractivity contribution in [2.75, 3.05) is 18.1 Å². The van der Waals surface area contributed by atoms with Gasteiger partial charge in [0, 0.05) is 12.6 Å². The van der Waals surface area contributed by atoms with Crippen LogP contribution in [0, 0.1) is 0 Å². The fourth-order valence-electron chi connectivity index (χ4n) is 2.62. The van der Waals surface area contributed by atoms with Gasteiger partial charge in [-0.25, -0.2) is 8.42 Å². The third-order valence-electron chi connectivity index (χ3n) is 3.75. The molecule has 0 aromatic heterocycles. The first kappa shape index (κ1) is 15.8. The number of nitrogens with zero attached hydrogens (tertiary/aromatic N) is 1. The maximum Gasteiger partial charge on any atom is 0.151 e. The Bertz CT molecular complexity index is 587. The molecule has 0 aliphatic carbocycles. The van der Waals surface area contributed by atoms with Crippen molar-refractivity contribution in [1.82, 2.24) is 5.32 Å². The molecule has 6 nitrogen and oxygen atoms in total. The van der Waals surface area contributed by atoms with Crippen molar-refractivity contribution in [3.05, 3.63) is 35.9 Å². The minimum absolute atomic E-state index is 0.0681. The maximum absolute atomic E-state index is 11.6. The molecular formula is C14H21N3O3S. The first-order valence-corrected chi connectivity index (χ1v) is 8.80. The number of nitrogens with one attached hydrogen (secondary N) is 1. The van der Waals surface area contributed by atoms with E-state index in [0.29, 0.717) is 13.0 Å². The quantitative estimate of drug-likeness (QED) is 0.321. The van der Waals surface area contributed by atoms with Crippen LogP contribution >= 0.6 is 0 Å². The Morgan fingerprint density at radius 3 is 2.76 bits per heavy atom. The van der Waals surface area contributed by atoms with Crippen LogP contribution in [-0.2, 0) is 9.84 Å². The summed E-state index contributed by atoms with van der Waals surface area (Å²) >= 11 is 0. The molecule has 4 N–H and O–H groups in total. The normalized spacial score (nSPS) is 23.6. The average molecular weight is 311 g/mol. The van der Waals surface area contributed by atoms with Crippen molar-refractivity contribution in [3.8, 4) is 0 Å². The molecule has 0 saturated carbocycles. The van der Waals surface area contributed by atoms with Crippen LogP contribution in [0.1, 0.15) is 24.3 Å². The topological polar surface area (TPSA) is 105 Å². The molecule has 0 bridgehead atoms. The average Bonchev–Trinajstić information content (AvgIpc) is 2.47. The van der Waals surface area contributed by atoms with E-state index in [9.17, 15) is 8.42 Å². The molecule has 1 saturated heterocycles. The van der Waals surface area contributed by atoms with E-state index in [1.54, 1.807) is 0 Å². The van der Waals surface area contributed by atoms with E-state index in [1.807, 2.05) is 30.3 Å². The van der Waals surface area contributed by atoms with E-state index in [4.69, 9.17) is 10.9 Å². The van der Waals surface area contributed by atoms with Gasteiger partial charge in [0.2, 0.25) is 0 Å². The summed E-state index contributed by atoms with van der Waals surface area (Å²) in [5.74, 6) is 0.270. The number of oxime groups is 1. The number of hydrogen-bond acceptors (Lipinski definition) is 5. The zero-order valence-electron chi connectivity index (χ0n) is 11.8. The highest BCUT2D eigenvalue weighted by molar-refractivity contribution is 7.91. The molecule has 2 rings (SSSR count). The second-order valence-corrected chi connectivity index (χ2v) is 7.58. The Kier molecular flexibility index (Phi) is 5.19. The molecule has 2 atom stereocenters. The van der Waals surface area contributed by atoms with Crippen LogP contribution in [0.3, 0.4) is 0 Å². The number of benzene rings is 1. The summed E-state index contributed by atoms with van der Waals surface area (Å²) in [7, 11) is -2.94. The first-order chi connectivity index (χ1) is 10.0. The van der Waals surface area contributed by atoms with Crippen LogP contribution in [0.5, 0.6) is 0 Å². The lowest BCUT2D eigenvalue weighted by Crippen LogP contribution is -2.43. The summed E-state index contributed by atoms with van der Waals surface area (Å²) in [6.07, 6.45) is 1.51. The Labute approximate surface area is 125 Å². The molecule has 0 amide bonds. The van der Waals surface area contributed by atoms with E-state index < -0.39 is 9.84 Å². The van der Waals surface area contributed by atoms with Crippen LogP contribution in [0.2, 0.25) is 0 Å². The Balaban J connectivity index is 2.03. The van der Waals surface area contributed by atoms with Crippen LogP contribution in [-0.4, -0.2) is 43.6 Å². The standard InChI is InChI=1S/C14H21N3O3S/c15-14(17-18)13(11-5-2-1-3-6-11)9-16-12-7-4-8-21(19,20)10-12/h1-3,5-6,12-13,16,18H,4,7-10H2,(H2,15,17). The molecule has 1 aliphatic rings. The van der Waals surface area contributed by atoms with Gasteiger partial charge in [0.15, 0.2) is 9.84 Å². The molecular weight excluding hydrogens is 290 g/mol. The predicted octanol–water partition coefficient (Wildman–Crippen LogP) is 0.683. The molecule has 0 spiro atoms. The van der Waals surface area contributed by atoms with Crippen LogP contribution in [0.25, 0.3) is 0 Å². The smallest absolute Gasteiger partial charge is 0.151 e. The molecule has 116 valence electrons. The Hall–Kier alpha value is -1.60. The van der Waals surface area contributed by atoms with E-state index >= 15 is 0 Å². The lowest BCUT2D eigenvalue weighted by atomic mass is 9.97. The van der Waals surface area contributed by atoms with Crippen molar-refractivity contribution in [1.29, 1.82) is 0 Å². The van der Waals surface area contributed by atoms with Crippen LogP contribution in [0.15, 0.2) is 35.5 Å². The number of sulfone groups is 1. The zero-order chi connectivity index (χ0) is 15.3. The molecule has 2 unspecified atom stereocenters. The molecule has 1 aromatic carbocycles. The predicted molar refractivity (Wildman–Crippen MR) is 82.3 cm³/mol. The van der Waals surface area contributed by atoms with Crippen molar-refractivity contribution in [2.45, 2.75) is 24.8 Å². The SMILES string of the molecule is NC(=NO)C(CNC1CCCS(=O)(=O)C1)c1ccccc1. The van der Waals surface area contributed by atoms with E-state index in [1.165, 1.54) is 0 Å². The van der Waals surface area contributed by atoms with Gasteiger partial charge in [0.05, 0.1) is 17.4 Å². The van der Waals surface area contributed by atoms with Gasteiger partial charge in [-0.3, -0.25) is 0 Å². The summed E-state index contributed by atoms with van der Waals surface area (Å²) in [6, 6.07) is 9.41. The van der Waals surface area contributed by atoms with Crippen molar-refractivity contribution in [3.63, 3.8) is 0 Å². The molecule has 0 radical (unpaired) electrons. The summed E-state index contributed by atoms with van der Waals surface area (Å²) in [5.41, 5.74) is 6.69. The van der Waals surface area contributed by atoms with E-state index in [-0.39, 0.29) is 29.3 Å². The van der Waals surface area contributed by atoms with Gasteiger partial charge < -0.3 is 16.3 Å². The third-order valence-corrected chi connectivity index (χ3v) is 5.57. The molecule has 21 heavy (non-hydrogen) atoms. The zero-order valence-corrected chi connectivity index (χ0v) is 12.6. The molecule has 1 fully saturated rings. The number of hydrogen-bond donors (Lipinski definition) is 3. The summed E-state index contributed by atoms with van der Waals surface area (Å²) in [4.78, 5) is 0. The van der Waals surface area contributed by atoms with Crippen molar-refractivity contribution < 1.29 is 13.6 Å². The summed E-state index contributed by atoms with van der Waals surface area (Å²) in [5, 5.41) is 15.3. The monoisotopic (exact) mass is 311 g/mol. The summed E-state index contributed by atoms with van der Waals surface area (Å²) in [6.45, 7) is 0.445. The summed E-state index contributed by atoms with van der Waals surface area (Å²) < 4.78 is 23.3. The highest BCUT2D eigenvalue weighted by Gasteiger charge is 2.26. The lowest BCUT2D eigenvalue weighted by molar-refractivity contribution is 0.315. The highest BCUT2D eigenvalue weighted by atomic mass is 32.2.